The number of benzene rings is 3. The van der Waals surface area contributed by atoms with Crippen LogP contribution in [0.4, 0.5) is 11.6 Å². The summed E-state index contributed by atoms with van der Waals surface area (Å²) in [5.41, 5.74) is 1.89. The molecule has 0 radical (unpaired) electrons. The van der Waals surface area contributed by atoms with Crippen LogP contribution in [0.25, 0.3) is 16.4 Å². The first kappa shape index (κ1) is 23.9. The molecule has 0 aliphatic rings. The average Bonchev–Trinajstić information content (AvgIpc) is 2.79. The van der Waals surface area contributed by atoms with Gasteiger partial charge in [0.05, 0.1) is 15.3 Å². The number of anilines is 1. The first-order valence-corrected chi connectivity index (χ1v) is 13.4. The molecule has 9 nitrogen and oxygen atoms in total. The Morgan fingerprint density at radius 1 is 0.853 bits per heavy atom. The molecule has 34 heavy (non-hydrogen) atoms. The van der Waals surface area contributed by atoms with Crippen molar-refractivity contribution < 1.29 is 16.8 Å². The first-order chi connectivity index (χ1) is 16.1. The highest BCUT2D eigenvalue weighted by molar-refractivity contribution is 7.92. The Balaban J connectivity index is 1.58. The zero-order valence-electron chi connectivity index (χ0n) is 17.6. The summed E-state index contributed by atoms with van der Waals surface area (Å²) in [6.07, 6.45) is 0.458. The van der Waals surface area contributed by atoms with Crippen molar-refractivity contribution in [3.63, 3.8) is 0 Å². The van der Waals surface area contributed by atoms with Gasteiger partial charge in [-0.1, -0.05) is 48.0 Å². The lowest BCUT2D eigenvalue weighted by molar-refractivity contribution is 0.597. The quantitative estimate of drug-likeness (QED) is 0.362. The molecule has 0 bridgehead atoms. The van der Waals surface area contributed by atoms with Crippen LogP contribution in [0.2, 0.25) is 5.02 Å². The molecule has 0 fully saturated rings. The zero-order chi connectivity index (χ0) is 24.3. The van der Waals surface area contributed by atoms with Crippen LogP contribution in [0.1, 0.15) is 5.56 Å². The maximum atomic E-state index is 12.9. The number of sulfonamides is 2. The fourth-order valence-corrected chi connectivity index (χ4v) is 4.95. The normalized spacial score (nSPS) is 11.9. The van der Waals surface area contributed by atoms with Crippen LogP contribution in [0.3, 0.4) is 0 Å². The van der Waals surface area contributed by atoms with Gasteiger partial charge in [-0.25, -0.2) is 27.0 Å². The largest absolute Gasteiger partial charge is 0.462 e. The third-order valence-corrected chi connectivity index (χ3v) is 7.30. The maximum Gasteiger partial charge on any atom is 0.263 e. The molecule has 0 unspecified atom stereocenters. The van der Waals surface area contributed by atoms with E-state index in [4.69, 9.17) is 16.7 Å². The molecule has 0 saturated carbocycles. The Morgan fingerprint density at radius 2 is 1.53 bits per heavy atom. The number of hydrogen-bond acceptors (Lipinski definition) is 6. The number of nitrogens with zero attached hydrogens (tertiary/aromatic N) is 3. The first-order valence-electron chi connectivity index (χ1n) is 9.96. The number of hydrogen-bond donors (Lipinski definition) is 2. The molecule has 0 spiro atoms. The van der Waals surface area contributed by atoms with E-state index in [1.807, 2.05) is 0 Å². The molecule has 4 rings (SSSR count). The van der Waals surface area contributed by atoms with Gasteiger partial charge in [-0.15, -0.1) is 0 Å². The summed E-state index contributed by atoms with van der Waals surface area (Å²) in [5, 5.41) is 9.85. The van der Waals surface area contributed by atoms with Gasteiger partial charge in [0.1, 0.15) is 5.82 Å². The van der Waals surface area contributed by atoms with Gasteiger partial charge in [0, 0.05) is 5.02 Å². The van der Waals surface area contributed by atoms with Crippen molar-refractivity contribution in [3.8, 4) is 0 Å². The fraction of sp³-hybridized carbons (Fsp3) is 0.0909. The van der Waals surface area contributed by atoms with E-state index in [-0.39, 0.29) is 33.0 Å². The predicted octanol–water partition coefficient (Wildman–Crippen LogP) is 3.98. The van der Waals surface area contributed by atoms with Gasteiger partial charge in [-0.2, -0.15) is 0 Å². The lowest BCUT2D eigenvalue weighted by atomic mass is 10.1. The molecule has 12 heteroatoms. The van der Waals surface area contributed by atoms with Crippen LogP contribution in [0, 0.1) is 0 Å². The summed E-state index contributed by atoms with van der Waals surface area (Å²) in [6, 6.07) is 19.0. The summed E-state index contributed by atoms with van der Waals surface area (Å²) in [7, 11) is -7.76. The van der Waals surface area contributed by atoms with Crippen LogP contribution in [-0.4, -0.2) is 33.3 Å². The van der Waals surface area contributed by atoms with Gasteiger partial charge < -0.3 is 10.3 Å². The van der Waals surface area contributed by atoms with Crippen LogP contribution in [0.15, 0.2) is 82.6 Å². The Kier molecular flexibility index (Phi) is 6.71. The number of rotatable bonds is 8. The molecule has 1 heterocycles. The molecule has 0 aliphatic carbocycles. The highest BCUT2D eigenvalue weighted by atomic mass is 35.5. The van der Waals surface area contributed by atoms with Crippen molar-refractivity contribution in [2.75, 3.05) is 11.3 Å². The Bertz CT molecular complexity index is 1560. The topological polar surface area (TPSA) is 146 Å². The molecule has 0 saturated heterocycles. The number of fused-ring (bicyclic) bond motifs is 1. The molecule has 0 aliphatic heterocycles. The van der Waals surface area contributed by atoms with E-state index in [1.54, 1.807) is 42.5 Å². The van der Waals surface area contributed by atoms with E-state index in [9.17, 15) is 16.8 Å². The van der Waals surface area contributed by atoms with Gasteiger partial charge in [0.15, 0.2) is 0 Å². The van der Waals surface area contributed by atoms with Gasteiger partial charge in [-0.3, -0.25) is 4.72 Å². The van der Waals surface area contributed by atoms with Crippen LogP contribution in [-0.2, 0) is 26.5 Å². The van der Waals surface area contributed by atoms with Gasteiger partial charge in [0.25, 0.3) is 10.0 Å². The second-order valence-electron chi connectivity index (χ2n) is 7.27. The highest BCUT2D eigenvalue weighted by Crippen LogP contribution is 2.30. The predicted molar refractivity (Wildman–Crippen MR) is 131 cm³/mol. The maximum absolute atomic E-state index is 12.9. The van der Waals surface area contributed by atoms with Crippen molar-refractivity contribution in [1.82, 2.24) is 9.97 Å². The second-order valence-corrected chi connectivity index (χ2v) is 10.9. The van der Waals surface area contributed by atoms with Crippen LogP contribution < -0.4 is 9.86 Å². The van der Waals surface area contributed by atoms with Gasteiger partial charge in [0.2, 0.25) is 10.0 Å². The van der Waals surface area contributed by atoms with E-state index in [0.717, 1.165) is 5.56 Å². The third kappa shape index (κ3) is 5.62. The molecule has 3 aromatic carbocycles. The number of para-hydroxylation sites is 2. The highest BCUT2D eigenvalue weighted by Gasteiger charge is 2.16. The van der Waals surface area contributed by atoms with Crippen LogP contribution in [0.5, 0.6) is 0 Å². The summed E-state index contributed by atoms with van der Waals surface area (Å²) >= 11 is 5.95. The minimum Gasteiger partial charge on any atom is -0.462 e. The Morgan fingerprint density at radius 3 is 2.18 bits per heavy atom. The number of primary sulfonamides is 1. The van der Waals surface area contributed by atoms with E-state index in [2.05, 4.69) is 20.0 Å². The van der Waals surface area contributed by atoms with E-state index in [0.29, 0.717) is 17.5 Å². The number of nitrogens with two attached hydrogens (primary N) is 1. The van der Waals surface area contributed by atoms with Gasteiger partial charge in [-0.05, 0) is 66.3 Å². The number of halogens is 1. The molecular formula is C22H19ClN5O4S2-. The second kappa shape index (κ2) is 9.55. The Labute approximate surface area is 202 Å². The van der Waals surface area contributed by atoms with Crippen molar-refractivity contribution >= 4 is 54.3 Å². The molecular weight excluding hydrogens is 498 g/mol. The van der Waals surface area contributed by atoms with Crippen molar-refractivity contribution in [2.45, 2.75) is 16.2 Å². The monoisotopic (exact) mass is 516 g/mol. The van der Waals surface area contributed by atoms with Crippen molar-refractivity contribution in [1.29, 1.82) is 0 Å². The third-order valence-electron chi connectivity index (χ3n) is 4.80. The minimum atomic E-state index is -3.99. The van der Waals surface area contributed by atoms with Crippen molar-refractivity contribution in [2.24, 2.45) is 5.14 Å². The van der Waals surface area contributed by atoms with E-state index in [1.165, 1.54) is 30.3 Å². The van der Waals surface area contributed by atoms with E-state index >= 15 is 0 Å². The fourth-order valence-electron chi connectivity index (χ4n) is 3.13. The number of nitrogens with one attached hydrogen (secondary N) is 1. The van der Waals surface area contributed by atoms with E-state index < -0.39 is 20.0 Å². The summed E-state index contributed by atoms with van der Waals surface area (Å²) in [4.78, 5) is 8.88. The zero-order valence-corrected chi connectivity index (χ0v) is 20.0. The standard InChI is InChI=1S/C22H19ClN5O4S2/c23-16-4-3-5-18(14-16)34(31,32)28-22-21(26-19-6-1-2-7-20(19)27-22)25-13-12-15-8-10-17(11-9-15)33(24,29)30/h1-11,14H,12-13H2,(H3-,24,25,26,27,28,29,30)/q-1. The van der Waals surface area contributed by atoms with Crippen molar-refractivity contribution in [3.05, 3.63) is 88.7 Å². The summed E-state index contributed by atoms with van der Waals surface area (Å²) in [6.45, 7) is 0.258. The van der Waals surface area contributed by atoms with Gasteiger partial charge >= 0.3 is 0 Å². The van der Waals surface area contributed by atoms with Crippen LogP contribution >= 0.6 is 11.6 Å². The molecule has 1 aromatic heterocycles. The molecule has 4 aromatic rings. The minimum absolute atomic E-state index is 0.0109. The molecule has 3 N–H and O–H groups in total. The smallest absolute Gasteiger partial charge is 0.263 e. The lowest BCUT2D eigenvalue weighted by Gasteiger charge is -2.21. The number of aromatic nitrogens is 2. The average molecular weight is 517 g/mol. The lowest BCUT2D eigenvalue weighted by Crippen LogP contribution is -2.15. The summed E-state index contributed by atoms with van der Waals surface area (Å²) < 4.78 is 51.1. The Hall–Kier alpha value is -3.25. The molecule has 0 amide bonds. The SMILES string of the molecule is NS(=O)(=O)c1ccc(CC[N-]c2nc3ccccc3nc2NS(=O)(=O)c2cccc(Cl)c2)cc1. The molecule has 176 valence electrons. The summed E-state index contributed by atoms with van der Waals surface area (Å²) in [5.74, 6) is 0.119. The molecule has 0 atom stereocenters.